The lowest BCUT2D eigenvalue weighted by Crippen LogP contribution is -2.53. The van der Waals surface area contributed by atoms with E-state index in [0.717, 1.165) is 6.42 Å². The number of aliphatic hydroxyl groups excluding tert-OH is 1. The van der Waals surface area contributed by atoms with Gasteiger partial charge in [0, 0.05) is 18.1 Å². The molecule has 1 aliphatic rings. The Labute approximate surface area is 87.3 Å². The van der Waals surface area contributed by atoms with Gasteiger partial charge < -0.3 is 10.8 Å². The van der Waals surface area contributed by atoms with E-state index in [-0.39, 0.29) is 18.1 Å². The summed E-state index contributed by atoms with van der Waals surface area (Å²) in [5.74, 6) is 0.214. The molecule has 84 valence electrons. The van der Waals surface area contributed by atoms with Gasteiger partial charge in [-0.05, 0) is 45.8 Å². The minimum atomic E-state index is 0.0972. The lowest BCUT2D eigenvalue weighted by atomic mass is 9.82. The van der Waals surface area contributed by atoms with Crippen molar-refractivity contribution < 1.29 is 5.11 Å². The van der Waals surface area contributed by atoms with Crippen molar-refractivity contribution in [2.45, 2.75) is 38.6 Å². The average molecular weight is 200 g/mol. The van der Waals surface area contributed by atoms with Crippen molar-refractivity contribution in [3.8, 4) is 0 Å². The summed E-state index contributed by atoms with van der Waals surface area (Å²) in [6.07, 6.45) is 3.64. The lowest BCUT2D eigenvalue weighted by Gasteiger charge is -2.43. The predicted octanol–water partition coefficient (Wildman–Crippen LogP) is 0.818. The molecule has 0 unspecified atom stereocenters. The van der Waals surface area contributed by atoms with Crippen LogP contribution in [0.15, 0.2) is 0 Å². The summed E-state index contributed by atoms with van der Waals surface area (Å²) in [6, 6.07) is 0. The van der Waals surface area contributed by atoms with Gasteiger partial charge in [0.2, 0.25) is 0 Å². The monoisotopic (exact) mass is 200 g/mol. The number of rotatable bonds is 5. The lowest BCUT2D eigenvalue weighted by molar-refractivity contribution is 0.0359. The van der Waals surface area contributed by atoms with Gasteiger partial charge in [0.25, 0.3) is 0 Å². The van der Waals surface area contributed by atoms with Gasteiger partial charge in [-0.2, -0.15) is 0 Å². The van der Waals surface area contributed by atoms with Gasteiger partial charge in [-0.1, -0.05) is 6.92 Å². The summed E-state index contributed by atoms with van der Waals surface area (Å²) in [4.78, 5) is 2.50. The Bertz CT molecular complexity index is 161. The first kappa shape index (κ1) is 12.0. The molecule has 1 aliphatic heterocycles. The van der Waals surface area contributed by atoms with Crippen LogP contribution in [0, 0.1) is 5.92 Å². The molecule has 0 saturated carbocycles. The van der Waals surface area contributed by atoms with Crippen LogP contribution in [0.25, 0.3) is 0 Å². The first-order valence-corrected chi connectivity index (χ1v) is 5.75. The average Bonchev–Trinajstić information content (AvgIpc) is 2.72. The fourth-order valence-corrected chi connectivity index (χ4v) is 2.52. The van der Waals surface area contributed by atoms with E-state index in [1.54, 1.807) is 0 Å². The van der Waals surface area contributed by atoms with Crippen LogP contribution in [0.4, 0.5) is 0 Å². The third-order valence-electron chi connectivity index (χ3n) is 3.93. The van der Waals surface area contributed by atoms with Crippen molar-refractivity contribution in [2.24, 2.45) is 11.7 Å². The van der Waals surface area contributed by atoms with Crippen LogP contribution in [0.5, 0.6) is 0 Å². The van der Waals surface area contributed by atoms with Crippen LogP contribution in [0.1, 0.15) is 33.1 Å². The number of hydrogen-bond acceptors (Lipinski definition) is 3. The molecule has 3 nitrogen and oxygen atoms in total. The second kappa shape index (κ2) is 5.10. The molecule has 0 aromatic rings. The van der Waals surface area contributed by atoms with E-state index in [2.05, 4.69) is 18.7 Å². The Morgan fingerprint density at radius 1 is 1.43 bits per heavy atom. The number of nitrogens with two attached hydrogens (primary N) is 1. The van der Waals surface area contributed by atoms with E-state index < -0.39 is 0 Å². The topological polar surface area (TPSA) is 49.5 Å². The molecule has 3 N–H and O–H groups in total. The van der Waals surface area contributed by atoms with Gasteiger partial charge in [0.15, 0.2) is 0 Å². The molecular weight excluding hydrogens is 176 g/mol. The number of hydrogen-bond donors (Lipinski definition) is 2. The third-order valence-corrected chi connectivity index (χ3v) is 3.93. The number of nitrogens with zero attached hydrogens (tertiary/aromatic N) is 1. The highest BCUT2D eigenvalue weighted by Gasteiger charge is 2.38. The maximum atomic E-state index is 9.35. The standard InChI is InChI=1S/C11H24N2O/c1-3-11(2,10(8-12)9-14)13-6-4-5-7-13/h10,14H,3-9,12H2,1-2H3/t10-,11-/m1/s1. The van der Waals surface area contributed by atoms with Crippen LogP contribution < -0.4 is 5.73 Å². The molecule has 1 heterocycles. The maximum absolute atomic E-state index is 9.35. The van der Waals surface area contributed by atoms with Crippen molar-refractivity contribution in [3.63, 3.8) is 0 Å². The van der Waals surface area contributed by atoms with Crippen LogP contribution >= 0.6 is 0 Å². The fraction of sp³-hybridized carbons (Fsp3) is 1.00. The van der Waals surface area contributed by atoms with Gasteiger partial charge in [-0.3, -0.25) is 4.90 Å². The molecule has 0 aromatic heterocycles. The van der Waals surface area contributed by atoms with Crippen molar-refractivity contribution in [1.29, 1.82) is 0 Å². The zero-order chi connectivity index (χ0) is 10.6. The normalized spacial score (nSPS) is 24.9. The molecule has 0 spiro atoms. The molecular formula is C11H24N2O. The van der Waals surface area contributed by atoms with Crippen molar-refractivity contribution in [3.05, 3.63) is 0 Å². The smallest absolute Gasteiger partial charge is 0.0489 e. The number of aliphatic hydroxyl groups is 1. The summed E-state index contributed by atoms with van der Waals surface area (Å²) in [7, 11) is 0. The highest BCUT2D eigenvalue weighted by atomic mass is 16.3. The van der Waals surface area contributed by atoms with Crippen LogP contribution in [0.3, 0.4) is 0 Å². The maximum Gasteiger partial charge on any atom is 0.0489 e. The summed E-state index contributed by atoms with van der Waals surface area (Å²) in [6.45, 7) is 7.55. The van der Waals surface area contributed by atoms with Gasteiger partial charge in [0.05, 0.1) is 0 Å². The van der Waals surface area contributed by atoms with Crippen molar-refractivity contribution >= 4 is 0 Å². The van der Waals surface area contributed by atoms with E-state index in [1.807, 2.05) is 0 Å². The second-order valence-corrected chi connectivity index (χ2v) is 4.52. The Balaban J connectivity index is 2.71. The molecule has 3 heteroatoms. The summed E-state index contributed by atoms with van der Waals surface area (Å²) in [5, 5.41) is 9.35. The minimum Gasteiger partial charge on any atom is -0.396 e. The van der Waals surface area contributed by atoms with E-state index >= 15 is 0 Å². The molecule has 0 aliphatic carbocycles. The van der Waals surface area contributed by atoms with E-state index in [1.165, 1.54) is 25.9 Å². The number of likely N-dealkylation sites (tertiary alicyclic amines) is 1. The molecule has 0 radical (unpaired) electrons. The predicted molar refractivity (Wildman–Crippen MR) is 59.1 cm³/mol. The van der Waals surface area contributed by atoms with Gasteiger partial charge in [0.1, 0.15) is 0 Å². The van der Waals surface area contributed by atoms with Crippen LogP contribution in [-0.4, -0.2) is 41.8 Å². The highest BCUT2D eigenvalue weighted by molar-refractivity contribution is 4.93. The van der Waals surface area contributed by atoms with Crippen LogP contribution in [0.2, 0.25) is 0 Å². The fourth-order valence-electron chi connectivity index (χ4n) is 2.52. The van der Waals surface area contributed by atoms with Gasteiger partial charge in [-0.15, -0.1) is 0 Å². The SMILES string of the molecule is CC[C@](C)([C@H](CN)CO)N1CCCC1. The first-order valence-electron chi connectivity index (χ1n) is 5.75. The Kier molecular flexibility index (Phi) is 4.35. The molecule has 0 bridgehead atoms. The summed E-state index contributed by atoms with van der Waals surface area (Å²) in [5.41, 5.74) is 5.82. The quantitative estimate of drug-likeness (QED) is 0.691. The summed E-state index contributed by atoms with van der Waals surface area (Å²) < 4.78 is 0. The van der Waals surface area contributed by atoms with E-state index in [0.29, 0.717) is 6.54 Å². The molecule has 1 saturated heterocycles. The zero-order valence-corrected chi connectivity index (χ0v) is 9.50. The minimum absolute atomic E-state index is 0.0972. The largest absolute Gasteiger partial charge is 0.396 e. The Morgan fingerprint density at radius 3 is 2.36 bits per heavy atom. The molecule has 2 atom stereocenters. The summed E-state index contributed by atoms with van der Waals surface area (Å²) >= 11 is 0. The molecule has 0 aromatic carbocycles. The second-order valence-electron chi connectivity index (χ2n) is 4.52. The highest BCUT2D eigenvalue weighted by Crippen LogP contribution is 2.31. The molecule has 1 rings (SSSR count). The van der Waals surface area contributed by atoms with Crippen molar-refractivity contribution in [2.75, 3.05) is 26.2 Å². The van der Waals surface area contributed by atoms with Gasteiger partial charge in [-0.25, -0.2) is 0 Å². The van der Waals surface area contributed by atoms with Crippen LogP contribution in [-0.2, 0) is 0 Å². The molecule has 14 heavy (non-hydrogen) atoms. The molecule has 1 fully saturated rings. The van der Waals surface area contributed by atoms with E-state index in [9.17, 15) is 5.11 Å². The Morgan fingerprint density at radius 2 is 2.00 bits per heavy atom. The Hall–Kier alpha value is -0.120. The first-order chi connectivity index (χ1) is 6.69. The molecule has 0 amide bonds. The van der Waals surface area contributed by atoms with Gasteiger partial charge >= 0.3 is 0 Å². The van der Waals surface area contributed by atoms with E-state index in [4.69, 9.17) is 5.73 Å². The van der Waals surface area contributed by atoms with Crippen molar-refractivity contribution in [1.82, 2.24) is 4.90 Å². The zero-order valence-electron chi connectivity index (χ0n) is 9.50. The third kappa shape index (κ3) is 2.10.